The number of nitrogens with one attached hydrogen (secondary N) is 2. The zero-order valence-corrected chi connectivity index (χ0v) is 23.0. The molecule has 1 heterocycles. The summed E-state index contributed by atoms with van der Waals surface area (Å²) in [4.78, 5) is 26.3. The predicted octanol–water partition coefficient (Wildman–Crippen LogP) is 4.22. The molecule has 2 amide bonds. The van der Waals surface area contributed by atoms with Crippen LogP contribution in [0.25, 0.3) is 11.1 Å². The number of carbonyl (C=O) groups is 2. The molecule has 0 unspecified atom stereocenters. The average Bonchev–Trinajstić information content (AvgIpc) is 3.00. The molecule has 0 spiro atoms. The Bertz CT molecular complexity index is 1250. The highest BCUT2D eigenvalue weighted by Crippen LogP contribution is 2.33. The van der Waals surface area contributed by atoms with Gasteiger partial charge in [0.05, 0.1) is 31.5 Å². The number of aliphatic hydroxyl groups excluding tert-OH is 1. The Morgan fingerprint density at radius 1 is 0.950 bits per heavy atom. The summed E-state index contributed by atoms with van der Waals surface area (Å²) in [5, 5.41) is 18.6. The quantitative estimate of drug-likeness (QED) is 0.292. The lowest BCUT2D eigenvalue weighted by Crippen LogP contribution is -2.50. The number of carbonyl (C=O) groups excluding carboxylic acids is 2. The van der Waals surface area contributed by atoms with Gasteiger partial charge in [-0.1, -0.05) is 61.0 Å². The van der Waals surface area contributed by atoms with E-state index in [1.165, 1.54) is 7.11 Å². The van der Waals surface area contributed by atoms with E-state index in [0.29, 0.717) is 24.4 Å². The van der Waals surface area contributed by atoms with Crippen molar-refractivity contribution in [3.8, 4) is 16.9 Å². The molecule has 0 radical (unpaired) electrons. The molecule has 1 aliphatic rings. The Labute approximate surface area is 235 Å². The van der Waals surface area contributed by atoms with Gasteiger partial charge in [-0.2, -0.15) is 0 Å². The van der Waals surface area contributed by atoms with Crippen LogP contribution in [0.4, 0.5) is 10.5 Å². The zero-order valence-electron chi connectivity index (χ0n) is 23.0. The van der Waals surface area contributed by atoms with Crippen LogP contribution in [0, 0.1) is 0 Å². The van der Waals surface area contributed by atoms with E-state index in [-0.39, 0.29) is 25.7 Å². The van der Waals surface area contributed by atoms with E-state index in [1.54, 1.807) is 17.1 Å². The number of nitrogens with zero attached hydrogens (tertiary/aromatic N) is 2. The van der Waals surface area contributed by atoms with Gasteiger partial charge in [0.1, 0.15) is 12.4 Å². The van der Waals surface area contributed by atoms with Crippen LogP contribution >= 0.6 is 0 Å². The molecule has 3 N–H and O–H groups in total. The van der Waals surface area contributed by atoms with Crippen molar-refractivity contribution >= 4 is 17.7 Å². The van der Waals surface area contributed by atoms with Crippen molar-refractivity contribution in [2.24, 2.45) is 0 Å². The van der Waals surface area contributed by atoms with Crippen LogP contribution < -0.4 is 20.4 Å². The lowest BCUT2D eigenvalue weighted by Gasteiger charge is -2.37. The van der Waals surface area contributed by atoms with Crippen molar-refractivity contribution in [3.63, 3.8) is 0 Å². The van der Waals surface area contributed by atoms with E-state index in [2.05, 4.69) is 10.6 Å². The lowest BCUT2D eigenvalue weighted by atomic mass is 10.0. The summed E-state index contributed by atoms with van der Waals surface area (Å²) in [6, 6.07) is 23.2. The monoisotopic (exact) mass is 546 g/mol. The minimum Gasteiger partial charge on any atom is -0.496 e. The number of methoxy groups -OCH3 is 1. The van der Waals surface area contributed by atoms with Crippen molar-refractivity contribution < 1.29 is 24.2 Å². The molecule has 9 heteroatoms. The molecular formula is C31H38N4O5. The Morgan fingerprint density at radius 3 is 2.45 bits per heavy atom. The molecule has 1 aliphatic heterocycles. The van der Waals surface area contributed by atoms with Crippen molar-refractivity contribution in [2.75, 3.05) is 51.5 Å². The second-order valence-electron chi connectivity index (χ2n) is 9.51. The van der Waals surface area contributed by atoms with Gasteiger partial charge in [0.25, 0.3) is 5.91 Å². The standard InChI is InChI=1S/C31H38N4O5/c1-39-29-22-24(23-32-16-20-36)14-15-27(29)30(37)33-17-21-40-31(38)35(34-18-8-3-9-19-34)28-13-7-6-12-26(28)25-10-4-2-5-11-25/h2,4-7,10-15,22,32,36H,3,8-9,16-21,23H2,1H3,(H,33,37). The van der Waals surface area contributed by atoms with Gasteiger partial charge in [0.15, 0.2) is 0 Å². The molecule has 3 aromatic carbocycles. The van der Waals surface area contributed by atoms with Crippen LogP contribution in [0.5, 0.6) is 5.75 Å². The summed E-state index contributed by atoms with van der Waals surface area (Å²) in [5.74, 6) is 0.136. The summed E-state index contributed by atoms with van der Waals surface area (Å²) < 4.78 is 11.1. The Kier molecular flexibility index (Phi) is 10.9. The molecular weight excluding hydrogens is 508 g/mol. The van der Waals surface area contributed by atoms with Gasteiger partial charge in [0.2, 0.25) is 0 Å². The number of hydrazine groups is 1. The number of rotatable bonds is 12. The number of hydrogen-bond acceptors (Lipinski definition) is 7. The first-order valence-electron chi connectivity index (χ1n) is 13.7. The van der Waals surface area contributed by atoms with E-state index >= 15 is 0 Å². The summed E-state index contributed by atoms with van der Waals surface area (Å²) in [5.41, 5.74) is 4.06. The second-order valence-corrected chi connectivity index (χ2v) is 9.51. The topological polar surface area (TPSA) is 103 Å². The van der Waals surface area contributed by atoms with E-state index in [9.17, 15) is 9.59 Å². The van der Waals surface area contributed by atoms with Gasteiger partial charge in [0, 0.05) is 31.7 Å². The van der Waals surface area contributed by atoms with E-state index in [1.807, 2.05) is 65.7 Å². The normalized spacial score (nSPS) is 13.4. The van der Waals surface area contributed by atoms with Gasteiger partial charge in [-0.25, -0.2) is 14.8 Å². The Balaban J connectivity index is 1.41. The third kappa shape index (κ3) is 7.59. The van der Waals surface area contributed by atoms with E-state index in [4.69, 9.17) is 14.6 Å². The fourth-order valence-electron chi connectivity index (χ4n) is 4.77. The van der Waals surface area contributed by atoms with Crippen molar-refractivity contribution in [1.29, 1.82) is 0 Å². The number of para-hydroxylation sites is 1. The van der Waals surface area contributed by atoms with Gasteiger partial charge in [-0.3, -0.25) is 4.79 Å². The van der Waals surface area contributed by atoms with E-state index in [0.717, 1.165) is 54.7 Å². The number of anilines is 1. The average molecular weight is 547 g/mol. The molecule has 0 aliphatic carbocycles. The van der Waals surface area contributed by atoms with Crippen LogP contribution in [-0.2, 0) is 11.3 Å². The first-order chi connectivity index (χ1) is 19.6. The molecule has 1 fully saturated rings. The lowest BCUT2D eigenvalue weighted by molar-refractivity contribution is 0.0923. The molecule has 212 valence electrons. The largest absolute Gasteiger partial charge is 0.496 e. The van der Waals surface area contributed by atoms with Crippen LogP contribution in [0.15, 0.2) is 72.8 Å². The molecule has 1 saturated heterocycles. The number of piperidine rings is 1. The number of aliphatic hydroxyl groups is 1. The Morgan fingerprint density at radius 2 is 1.70 bits per heavy atom. The van der Waals surface area contributed by atoms with Crippen LogP contribution in [0.1, 0.15) is 35.2 Å². The smallest absolute Gasteiger partial charge is 0.429 e. The first kappa shape index (κ1) is 29.1. The second kappa shape index (κ2) is 15.0. The molecule has 0 aromatic heterocycles. The molecule has 40 heavy (non-hydrogen) atoms. The summed E-state index contributed by atoms with van der Waals surface area (Å²) in [7, 11) is 1.52. The Hall–Kier alpha value is -3.92. The minimum atomic E-state index is -0.475. The first-order valence-corrected chi connectivity index (χ1v) is 13.7. The predicted molar refractivity (Wildman–Crippen MR) is 155 cm³/mol. The van der Waals surface area contributed by atoms with Gasteiger partial charge < -0.3 is 25.2 Å². The molecule has 3 aromatic rings. The zero-order chi connectivity index (χ0) is 28.2. The number of ether oxygens (including phenoxy) is 2. The van der Waals surface area contributed by atoms with Gasteiger partial charge in [-0.05, 0) is 42.2 Å². The maximum Gasteiger partial charge on any atom is 0.429 e. The van der Waals surface area contributed by atoms with E-state index < -0.39 is 6.09 Å². The van der Waals surface area contributed by atoms with Gasteiger partial charge in [-0.15, -0.1) is 0 Å². The van der Waals surface area contributed by atoms with Crippen molar-refractivity contribution in [3.05, 3.63) is 83.9 Å². The summed E-state index contributed by atoms with van der Waals surface area (Å²) in [6.07, 6.45) is 2.67. The van der Waals surface area contributed by atoms with Gasteiger partial charge >= 0.3 is 6.09 Å². The maximum absolute atomic E-state index is 13.5. The third-order valence-corrected chi connectivity index (χ3v) is 6.75. The highest BCUT2D eigenvalue weighted by atomic mass is 16.6. The van der Waals surface area contributed by atoms with Crippen LogP contribution in [0.2, 0.25) is 0 Å². The van der Waals surface area contributed by atoms with Crippen molar-refractivity contribution in [1.82, 2.24) is 15.6 Å². The highest BCUT2D eigenvalue weighted by molar-refractivity contribution is 5.97. The molecule has 0 atom stereocenters. The molecule has 0 bridgehead atoms. The molecule has 9 nitrogen and oxygen atoms in total. The van der Waals surface area contributed by atoms with Crippen LogP contribution in [-0.4, -0.2) is 68.6 Å². The summed E-state index contributed by atoms with van der Waals surface area (Å²) >= 11 is 0. The molecule has 0 saturated carbocycles. The third-order valence-electron chi connectivity index (χ3n) is 6.75. The molecule has 4 rings (SSSR count). The number of amides is 2. The van der Waals surface area contributed by atoms with Crippen LogP contribution in [0.3, 0.4) is 0 Å². The maximum atomic E-state index is 13.5. The fourth-order valence-corrected chi connectivity index (χ4v) is 4.77. The highest BCUT2D eigenvalue weighted by Gasteiger charge is 2.28. The summed E-state index contributed by atoms with van der Waals surface area (Å²) in [6.45, 7) is 2.79. The SMILES string of the molecule is COc1cc(CNCCO)ccc1C(=O)NCCOC(=O)N(c1ccccc1-c1ccccc1)N1CCCCC1. The minimum absolute atomic E-state index is 0.0217. The number of hydrogen-bond donors (Lipinski definition) is 3. The van der Waals surface area contributed by atoms with Crippen molar-refractivity contribution in [2.45, 2.75) is 25.8 Å². The fraction of sp³-hybridized carbons (Fsp3) is 0.355. The number of benzene rings is 3.